The van der Waals surface area contributed by atoms with E-state index < -0.39 is 0 Å². The number of nitrogens with zero attached hydrogens (tertiary/aromatic N) is 1. The van der Waals surface area contributed by atoms with Crippen LogP contribution in [0.1, 0.15) is 11.3 Å². The van der Waals surface area contributed by atoms with E-state index in [0.29, 0.717) is 22.3 Å². The van der Waals surface area contributed by atoms with Crippen LogP contribution in [0, 0.1) is 12.7 Å². The molecule has 2 rings (SSSR count). The second kappa shape index (κ2) is 5.86. The van der Waals surface area contributed by atoms with Gasteiger partial charge in [-0.05, 0) is 30.7 Å². The zero-order chi connectivity index (χ0) is 13.8. The number of rotatable bonds is 4. The normalized spacial score (nSPS) is 10.3. The molecule has 0 bridgehead atoms. The van der Waals surface area contributed by atoms with Gasteiger partial charge in [0.1, 0.15) is 24.0 Å². The molecule has 6 heteroatoms. The fourth-order valence-corrected chi connectivity index (χ4v) is 1.70. The second-order valence-electron chi connectivity index (χ2n) is 3.97. The molecule has 1 aromatic heterocycles. The molecule has 2 aromatic rings. The van der Waals surface area contributed by atoms with Crippen molar-refractivity contribution in [2.45, 2.75) is 13.5 Å². The molecule has 0 radical (unpaired) electrons. The lowest BCUT2D eigenvalue weighted by Crippen LogP contribution is -2.10. The van der Waals surface area contributed by atoms with E-state index in [4.69, 9.17) is 22.2 Å². The quantitative estimate of drug-likeness (QED) is 0.668. The SMILES string of the molecule is Cc1ccc(F)cc1OCc1nc(NN)ccc1Cl. The summed E-state index contributed by atoms with van der Waals surface area (Å²) in [6.45, 7) is 1.97. The van der Waals surface area contributed by atoms with Gasteiger partial charge in [0.25, 0.3) is 0 Å². The number of nitrogen functional groups attached to an aromatic ring is 1. The summed E-state index contributed by atoms with van der Waals surface area (Å²) < 4.78 is 18.7. The molecule has 4 nitrogen and oxygen atoms in total. The highest BCUT2D eigenvalue weighted by Gasteiger charge is 2.07. The molecule has 0 saturated heterocycles. The van der Waals surface area contributed by atoms with Gasteiger partial charge in [-0.2, -0.15) is 0 Å². The van der Waals surface area contributed by atoms with Crippen molar-refractivity contribution in [2.75, 3.05) is 5.43 Å². The molecule has 19 heavy (non-hydrogen) atoms. The zero-order valence-electron chi connectivity index (χ0n) is 10.3. The molecule has 0 unspecified atom stereocenters. The van der Waals surface area contributed by atoms with Crippen molar-refractivity contribution in [3.8, 4) is 5.75 Å². The average molecular weight is 282 g/mol. The van der Waals surface area contributed by atoms with E-state index in [1.165, 1.54) is 12.1 Å². The molecule has 3 N–H and O–H groups in total. The van der Waals surface area contributed by atoms with Gasteiger partial charge in [-0.3, -0.25) is 0 Å². The standard InChI is InChI=1S/C13H13ClFN3O/c1-8-2-3-9(15)6-12(8)19-7-11-10(14)4-5-13(17-11)18-16/h2-6H,7,16H2,1H3,(H,17,18). The highest BCUT2D eigenvalue weighted by atomic mass is 35.5. The Balaban J connectivity index is 2.16. The van der Waals surface area contributed by atoms with Gasteiger partial charge in [0, 0.05) is 6.07 Å². The highest BCUT2D eigenvalue weighted by molar-refractivity contribution is 6.31. The maximum atomic E-state index is 13.1. The molecule has 1 heterocycles. The van der Waals surface area contributed by atoms with Gasteiger partial charge in [-0.1, -0.05) is 17.7 Å². The van der Waals surface area contributed by atoms with Gasteiger partial charge in [0.2, 0.25) is 0 Å². The third kappa shape index (κ3) is 3.33. The summed E-state index contributed by atoms with van der Waals surface area (Å²) in [5.74, 6) is 5.87. The van der Waals surface area contributed by atoms with Crippen molar-refractivity contribution >= 4 is 17.4 Å². The Kier molecular flexibility index (Phi) is 4.19. The Hall–Kier alpha value is -1.85. The summed E-state index contributed by atoms with van der Waals surface area (Å²) in [5.41, 5.74) is 3.79. The molecule has 0 saturated carbocycles. The first-order valence-electron chi connectivity index (χ1n) is 5.61. The predicted octanol–water partition coefficient (Wildman–Crippen LogP) is 3.05. The van der Waals surface area contributed by atoms with Gasteiger partial charge >= 0.3 is 0 Å². The number of nitrogens with two attached hydrogens (primary N) is 1. The smallest absolute Gasteiger partial charge is 0.140 e. The van der Waals surface area contributed by atoms with Gasteiger partial charge in [-0.25, -0.2) is 15.2 Å². The Morgan fingerprint density at radius 2 is 2.16 bits per heavy atom. The lowest BCUT2D eigenvalue weighted by atomic mass is 10.2. The van der Waals surface area contributed by atoms with Crippen LogP contribution >= 0.6 is 11.6 Å². The van der Waals surface area contributed by atoms with E-state index >= 15 is 0 Å². The highest BCUT2D eigenvalue weighted by Crippen LogP contribution is 2.22. The maximum Gasteiger partial charge on any atom is 0.140 e. The van der Waals surface area contributed by atoms with E-state index in [1.54, 1.807) is 18.2 Å². The molecular formula is C13H13ClFN3O. The number of hydrazine groups is 1. The summed E-state index contributed by atoms with van der Waals surface area (Å²) >= 11 is 6.01. The van der Waals surface area contributed by atoms with Crippen LogP contribution in [0.25, 0.3) is 0 Å². The third-order valence-corrected chi connectivity index (χ3v) is 2.93. The van der Waals surface area contributed by atoms with E-state index in [2.05, 4.69) is 10.4 Å². The minimum absolute atomic E-state index is 0.138. The van der Waals surface area contributed by atoms with E-state index in [1.807, 2.05) is 6.92 Å². The van der Waals surface area contributed by atoms with Crippen molar-refractivity contribution in [1.82, 2.24) is 4.98 Å². The van der Waals surface area contributed by atoms with Crippen LogP contribution in [0.4, 0.5) is 10.2 Å². The largest absolute Gasteiger partial charge is 0.487 e. The number of nitrogens with one attached hydrogen (secondary N) is 1. The van der Waals surface area contributed by atoms with Gasteiger partial charge in [0.15, 0.2) is 0 Å². The molecular weight excluding hydrogens is 269 g/mol. The Morgan fingerprint density at radius 1 is 1.37 bits per heavy atom. The van der Waals surface area contributed by atoms with Crippen LogP contribution in [-0.2, 0) is 6.61 Å². The molecule has 0 fully saturated rings. The Morgan fingerprint density at radius 3 is 2.89 bits per heavy atom. The zero-order valence-corrected chi connectivity index (χ0v) is 11.0. The first-order chi connectivity index (χ1) is 9.10. The summed E-state index contributed by atoms with van der Waals surface area (Å²) in [7, 11) is 0. The maximum absolute atomic E-state index is 13.1. The first kappa shape index (κ1) is 13.6. The topological polar surface area (TPSA) is 60.2 Å². The summed E-state index contributed by atoms with van der Waals surface area (Å²) in [6.07, 6.45) is 0. The van der Waals surface area contributed by atoms with Gasteiger partial charge in [-0.15, -0.1) is 0 Å². The third-order valence-electron chi connectivity index (χ3n) is 2.58. The monoisotopic (exact) mass is 281 g/mol. The number of aryl methyl sites for hydroxylation is 1. The molecule has 1 aromatic carbocycles. The number of benzene rings is 1. The van der Waals surface area contributed by atoms with E-state index in [9.17, 15) is 4.39 Å². The van der Waals surface area contributed by atoms with E-state index in [0.717, 1.165) is 5.56 Å². The average Bonchev–Trinajstić information content (AvgIpc) is 2.41. The molecule has 0 spiro atoms. The number of halogens is 2. The van der Waals surface area contributed by atoms with Crippen molar-refractivity contribution in [3.63, 3.8) is 0 Å². The minimum Gasteiger partial charge on any atom is -0.487 e. The van der Waals surface area contributed by atoms with Crippen LogP contribution in [0.3, 0.4) is 0 Å². The molecule has 0 aliphatic carbocycles. The Labute approximate surface area is 115 Å². The number of ether oxygens (including phenoxy) is 1. The van der Waals surface area contributed by atoms with E-state index in [-0.39, 0.29) is 12.4 Å². The fourth-order valence-electron chi connectivity index (χ4n) is 1.54. The molecule has 100 valence electrons. The molecule has 0 aliphatic rings. The second-order valence-corrected chi connectivity index (χ2v) is 4.38. The number of aromatic nitrogens is 1. The van der Waals surface area contributed by atoms with Crippen molar-refractivity contribution in [2.24, 2.45) is 5.84 Å². The lowest BCUT2D eigenvalue weighted by molar-refractivity contribution is 0.298. The Bertz CT molecular complexity index is 592. The minimum atomic E-state index is -0.350. The number of hydrogen-bond acceptors (Lipinski definition) is 4. The predicted molar refractivity (Wildman–Crippen MR) is 72.5 cm³/mol. The van der Waals surface area contributed by atoms with Crippen LogP contribution in [0.2, 0.25) is 5.02 Å². The van der Waals surface area contributed by atoms with Crippen LogP contribution in [0.5, 0.6) is 5.75 Å². The fraction of sp³-hybridized carbons (Fsp3) is 0.154. The lowest BCUT2D eigenvalue weighted by Gasteiger charge is -2.10. The summed E-state index contributed by atoms with van der Waals surface area (Å²) in [4.78, 5) is 4.17. The molecule has 0 amide bonds. The van der Waals surface area contributed by atoms with Crippen molar-refractivity contribution < 1.29 is 9.13 Å². The van der Waals surface area contributed by atoms with Crippen molar-refractivity contribution in [1.29, 1.82) is 0 Å². The number of hydrogen-bond donors (Lipinski definition) is 2. The summed E-state index contributed by atoms with van der Waals surface area (Å²) in [5, 5.41) is 0.466. The number of anilines is 1. The van der Waals surface area contributed by atoms with Crippen LogP contribution in [-0.4, -0.2) is 4.98 Å². The first-order valence-corrected chi connectivity index (χ1v) is 5.99. The molecule has 0 aliphatic heterocycles. The van der Waals surface area contributed by atoms with Gasteiger partial charge in [0.05, 0.1) is 10.7 Å². The summed E-state index contributed by atoms with van der Waals surface area (Å²) in [6, 6.07) is 7.68. The van der Waals surface area contributed by atoms with Gasteiger partial charge < -0.3 is 10.2 Å². The van der Waals surface area contributed by atoms with Crippen molar-refractivity contribution in [3.05, 3.63) is 52.4 Å². The van der Waals surface area contributed by atoms with Crippen LogP contribution < -0.4 is 16.0 Å². The molecule has 0 atom stereocenters. The number of pyridine rings is 1. The van der Waals surface area contributed by atoms with Crippen LogP contribution in [0.15, 0.2) is 30.3 Å².